The molecule has 0 radical (unpaired) electrons. The van der Waals surface area contributed by atoms with Crippen LogP contribution in [-0.2, 0) is 25.4 Å². The molecule has 142 valence electrons. The Bertz CT molecular complexity index is 1090. The molecule has 0 aliphatic carbocycles. The van der Waals surface area contributed by atoms with E-state index in [-0.39, 0.29) is 24.0 Å². The van der Waals surface area contributed by atoms with Crippen LogP contribution >= 0.6 is 0 Å². The fourth-order valence-electron chi connectivity index (χ4n) is 3.19. The van der Waals surface area contributed by atoms with Gasteiger partial charge in [0.05, 0.1) is 12.4 Å². The van der Waals surface area contributed by atoms with E-state index in [2.05, 4.69) is 10.3 Å². The number of rotatable bonds is 5. The van der Waals surface area contributed by atoms with Gasteiger partial charge in [-0.25, -0.2) is 14.3 Å². The molecule has 2 aromatic heterocycles. The van der Waals surface area contributed by atoms with E-state index in [4.69, 9.17) is 0 Å². The molecule has 0 saturated heterocycles. The first-order valence-corrected chi connectivity index (χ1v) is 8.76. The Labute approximate surface area is 156 Å². The predicted octanol–water partition coefficient (Wildman–Crippen LogP) is 0.947. The smallest absolute Gasteiger partial charge is 0.332 e. The molecule has 0 aliphatic heterocycles. The maximum Gasteiger partial charge on any atom is 0.332 e. The van der Waals surface area contributed by atoms with Gasteiger partial charge in [-0.1, -0.05) is 44.2 Å². The number of hydrogen-bond donors (Lipinski definition) is 1. The van der Waals surface area contributed by atoms with E-state index < -0.39 is 17.2 Å². The maximum absolute atomic E-state index is 12.7. The second kappa shape index (κ2) is 7.22. The minimum atomic E-state index is -0.567. The molecule has 0 bridgehead atoms. The number of amides is 1. The average molecular weight is 369 g/mol. The fourth-order valence-corrected chi connectivity index (χ4v) is 3.19. The molecule has 0 aliphatic rings. The predicted molar refractivity (Wildman–Crippen MR) is 102 cm³/mol. The molecule has 3 aromatic rings. The lowest BCUT2D eigenvalue weighted by Crippen LogP contribution is -2.44. The zero-order chi connectivity index (χ0) is 19.7. The van der Waals surface area contributed by atoms with Crippen molar-refractivity contribution in [2.24, 2.45) is 20.0 Å². The molecule has 0 saturated carbocycles. The van der Waals surface area contributed by atoms with Crippen LogP contribution in [0.2, 0.25) is 0 Å². The van der Waals surface area contributed by atoms with E-state index in [0.29, 0.717) is 5.65 Å². The number of hydrogen-bond acceptors (Lipinski definition) is 4. The van der Waals surface area contributed by atoms with Crippen molar-refractivity contribution in [2.45, 2.75) is 26.4 Å². The van der Waals surface area contributed by atoms with Gasteiger partial charge in [0, 0.05) is 14.1 Å². The van der Waals surface area contributed by atoms with Gasteiger partial charge >= 0.3 is 5.69 Å². The molecular formula is C19H23N5O3. The molecule has 27 heavy (non-hydrogen) atoms. The van der Waals surface area contributed by atoms with Crippen LogP contribution in [-0.4, -0.2) is 24.6 Å². The molecule has 1 amide bonds. The summed E-state index contributed by atoms with van der Waals surface area (Å²) in [6, 6.07) is 9.41. The summed E-state index contributed by atoms with van der Waals surface area (Å²) in [5.74, 6) is -0.242. The SMILES string of the molecule is CC(C)C(NC(=O)Cn1c(=O)c2c(ncn2C)n(C)c1=O)c1ccccc1. The fraction of sp³-hybridized carbons (Fsp3) is 0.368. The Kier molecular flexibility index (Phi) is 4.98. The van der Waals surface area contributed by atoms with Gasteiger partial charge in [0.15, 0.2) is 11.2 Å². The Morgan fingerprint density at radius 2 is 1.81 bits per heavy atom. The Morgan fingerprint density at radius 3 is 2.44 bits per heavy atom. The van der Waals surface area contributed by atoms with Crippen molar-refractivity contribution in [2.75, 3.05) is 0 Å². The average Bonchev–Trinajstić information content (AvgIpc) is 3.04. The lowest BCUT2D eigenvalue weighted by atomic mass is 9.96. The molecule has 2 heterocycles. The van der Waals surface area contributed by atoms with Crippen LogP contribution in [0.4, 0.5) is 0 Å². The molecule has 8 heteroatoms. The Balaban J connectivity index is 1.93. The van der Waals surface area contributed by atoms with Gasteiger partial charge in [0.1, 0.15) is 6.54 Å². The number of imidazole rings is 1. The summed E-state index contributed by atoms with van der Waals surface area (Å²) >= 11 is 0. The summed E-state index contributed by atoms with van der Waals surface area (Å²) in [5, 5.41) is 2.94. The summed E-state index contributed by atoms with van der Waals surface area (Å²) in [4.78, 5) is 42.0. The molecule has 1 atom stereocenters. The standard InChI is InChI=1S/C19H23N5O3/c1-12(2)15(13-8-6-5-7-9-13)21-14(25)10-24-18(26)16-17(20-11-22(16)3)23(4)19(24)27/h5-9,11-12,15H,10H2,1-4H3,(H,21,25). The zero-order valence-electron chi connectivity index (χ0n) is 15.8. The highest BCUT2D eigenvalue weighted by Gasteiger charge is 2.21. The van der Waals surface area contributed by atoms with Crippen molar-refractivity contribution in [1.82, 2.24) is 24.0 Å². The van der Waals surface area contributed by atoms with Crippen molar-refractivity contribution in [3.8, 4) is 0 Å². The molecule has 8 nitrogen and oxygen atoms in total. The molecule has 3 rings (SSSR count). The third-order valence-corrected chi connectivity index (χ3v) is 4.64. The Morgan fingerprint density at radius 1 is 1.15 bits per heavy atom. The lowest BCUT2D eigenvalue weighted by Gasteiger charge is -2.23. The Hall–Kier alpha value is -3.16. The van der Waals surface area contributed by atoms with Crippen LogP contribution in [0.25, 0.3) is 11.2 Å². The summed E-state index contributed by atoms with van der Waals surface area (Å²) in [7, 11) is 3.21. The number of nitrogens with one attached hydrogen (secondary N) is 1. The summed E-state index contributed by atoms with van der Waals surface area (Å²) in [6.45, 7) is 3.67. The van der Waals surface area contributed by atoms with E-state index >= 15 is 0 Å². The topological polar surface area (TPSA) is 90.9 Å². The minimum Gasteiger partial charge on any atom is -0.347 e. The molecule has 1 N–H and O–H groups in total. The van der Waals surface area contributed by atoms with Crippen molar-refractivity contribution in [3.63, 3.8) is 0 Å². The van der Waals surface area contributed by atoms with Crippen LogP contribution < -0.4 is 16.6 Å². The third kappa shape index (κ3) is 3.42. The highest BCUT2D eigenvalue weighted by Crippen LogP contribution is 2.21. The monoisotopic (exact) mass is 369 g/mol. The third-order valence-electron chi connectivity index (χ3n) is 4.64. The number of aryl methyl sites for hydroxylation is 2. The van der Waals surface area contributed by atoms with Crippen LogP contribution in [0.15, 0.2) is 46.2 Å². The number of nitrogens with zero attached hydrogens (tertiary/aromatic N) is 4. The first-order chi connectivity index (χ1) is 12.8. The molecule has 1 aromatic carbocycles. The second-order valence-corrected chi connectivity index (χ2v) is 6.96. The maximum atomic E-state index is 12.7. The molecule has 0 spiro atoms. The van der Waals surface area contributed by atoms with E-state index in [1.807, 2.05) is 44.2 Å². The summed E-state index contributed by atoms with van der Waals surface area (Å²) in [6.07, 6.45) is 1.47. The first kappa shape index (κ1) is 18.6. The van der Waals surface area contributed by atoms with Crippen molar-refractivity contribution in [1.29, 1.82) is 0 Å². The van der Waals surface area contributed by atoms with Crippen molar-refractivity contribution >= 4 is 17.1 Å². The number of carbonyl (C=O) groups excluding carboxylic acids is 1. The zero-order valence-corrected chi connectivity index (χ0v) is 15.8. The van der Waals surface area contributed by atoms with E-state index in [1.54, 1.807) is 11.6 Å². The van der Waals surface area contributed by atoms with Crippen LogP contribution in [0.5, 0.6) is 0 Å². The van der Waals surface area contributed by atoms with Crippen LogP contribution in [0, 0.1) is 5.92 Å². The number of aromatic nitrogens is 4. The van der Waals surface area contributed by atoms with Crippen molar-refractivity contribution in [3.05, 3.63) is 63.1 Å². The number of fused-ring (bicyclic) bond motifs is 1. The van der Waals surface area contributed by atoms with Gasteiger partial charge in [0.2, 0.25) is 5.91 Å². The van der Waals surface area contributed by atoms with Gasteiger partial charge in [0.25, 0.3) is 5.56 Å². The van der Waals surface area contributed by atoms with Gasteiger partial charge < -0.3 is 9.88 Å². The van der Waals surface area contributed by atoms with Gasteiger partial charge in [-0.15, -0.1) is 0 Å². The highest BCUT2D eigenvalue weighted by molar-refractivity contribution is 5.77. The van der Waals surface area contributed by atoms with Gasteiger partial charge in [-0.3, -0.25) is 14.2 Å². The number of benzene rings is 1. The van der Waals surface area contributed by atoms with Crippen molar-refractivity contribution < 1.29 is 4.79 Å². The van der Waals surface area contributed by atoms with Gasteiger partial charge in [-0.2, -0.15) is 0 Å². The quantitative estimate of drug-likeness (QED) is 0.725. The normalized spacial score (nSPS) is 12.5. The van der Waals surface area contributed by atoms with E-state index in [1.165, 1.54) is 17.9 Å². The first-order valence-electron chi connectivity index (χ1n) is 8.76. The molecule has 0 fully saturated rings. The van der Waals surface area contributed by atoms with E-state index in [9.17, 15) is 14.4 Å². The highest BCUT2D eigenvalue weighted by atomic mass is 16.2. The summed E-state index contributed by atoms with van der Waals surface area (Å²) < 4.78 is 3.77. The summed E-state index contributed by atoms with van der Waals surface area (Å²) in [5.41, 5.74) is 0.469. The number of carbonyl (C=O) groups is 1. The lowest BCUT2D eigenvalue weighted by molar-refractivity contribution is -0.122. The molecule has 1 unspecified atom stereocenters. The van der Waals surface area contributed by atoms with E-state index in [0.717, 1.165) is 10.1 Å². The van der Waals surface area contributed by atoms with Crippen LogP contribution in [0.3, 0.4) is 0 Å². The van der Waals surface area contributed by atoms with Gasteiger partial charge in [-0.05, 0) is 11.5 Å². The minimum absolute atomic E-state index is 0.149. The van der Waals surface area contributed by atoms with Crippen LogP contribution in [0.1, 0.15) is 25.5 Å². The molecular weight excluding hydrogens is 346 g/mol. The second-order valence-electron chi connectivity index (χ2n) is 6.96. The largest absolute Gasteiger partial charge is 0.347 e.